The van der Waals surface area contributed by atoms with Crippen molar-refractivity contribution in [1.29, 1.82) is 0 Å². The Morgan fingerprint density at radius 3 is 2.36 bits per heavy atom. The van der Waals surface area contributed by atoms with E-state index in [1.165, 1.54) is 0 Å². The molecule has 0 saturated heterocycles. The number of rotatable bonds is 7. The van der Waals surface area contributed by atoms with Crippen LogP contribution in [-0.2, 0) is 0 Å². The van der Waals surface area contributed by atoms with E-state index in [1.54, 1.807) is 12.1 Å². The van der Waals surface area contributed by atoms with Gasteiger partial charge in [-0.25, -0.2) is 4.79 Å². The van der Waals surface area contributed by atoms with Crippen LogP contribution in [0.5, 0.6) is 11.5 Å². The van der Waals surface area contributed by atoms with Crippen molar-refractivity contribution in [2.45, 2.75) is 19.9 Å². The second-order valence-electron chi connectivity index (χ2n) is 8.63. The predicted octanol–water partition coefficient (Wildman–Crippen LogP) is 7.86. The van der Waals surface area contributed by atoms with Gasteiger partial charge in [0.15, 0.2) is 0 Å². The molecule has 4 aromatic rings. The molecule has 0 fully saturated rings. The van der Waals surface area contributed by atoms with Gasteiger partial charge in [-0.15, -0.1) is 0 Å². The first-order valence-corrected chi connectivity index (χ1v) is 12.4. The van der Waals surface area contributed by atoms with Crippen LogP contribution >= 0.6 is 11.6 Å². The molecule has 5 nitrogen and oxygen atoms in total. The molecule has 0 bridgehead atoms. The molecule has 6 heteroatoms. The van der Waals surface area contributed by atoms with E-state index in [-0.39, 0.29) is 11.6 Å². The van der Waals surface area contributed by atoms with E-state index < -0.39 is 5.97 Å². The summed E-state index contributed by atoms with van der Waals surface area (Å²) in [6, 6.07) is 26.4. The normalized spacial score (nSPS) is 13.8. The lowest BCUT2D eigenvalue weighted by atomic mass is 9.86. The highest BCUT2D eigenvalue weighted by molar-refractivity contribution is 6.33. The van der Waals surface area contributed by atoms with Gasteiger partial charge in [0.25, 0.3) is 0 Å². The summed E-state index contributed by atoms with van der Waals surface area (Å²) in [6.07, 6.45) is 0. The lowest BCUT2D eigenvalue weighted by Crippen LogP contribution is -2.24. The molecule has 0 saturated carbocycles. The highest BCUT2D eigenvalue weighted by Gasteiger charge is 2.32. The summed E-state index contributed by atoms with van der Waals surface area (Å²) in [5, 5.41) is 14.3. The third kappa shape index (κ3) is 4.27. The van der Waals surface area contributed by atoms with Crippen LogP contribution in [0.15, 0.2) is 84.9 Å². The molecule has 0 spiro atoms. The smallest absolute Gasteiger partial charge is 0.336 e. The average molecular weight is 499 g/mol. The third-order valence-electron chi connectivity index (χ3n) is 6.62. The molecule has 0 aromatic heterocycles. The van der Waals surface area contributed by atoms with E-state index in [2.05, 4.69) is 30.1 Å². The first kappa shape index (κ1) is 23.8. The van der Waals surface area contributed by atoms with E-state index in [0.717, 1.165) is 46.9 Å². The van der Waals surface area contributed by atoms with Gasteiger partial charge in [-0.1, -0.05) is 60.1 Å². The van der Waals surface area contributed by atoms with Gasteiger partial charge in [0, 0.05) is 36.0 Å². The summed E-state index contributed by atoms with van der Waals surface area (Å²) in [4.78, 5) is 14.5. The van der Waals surface area contributed by atoms with Crippen molar-refractivity contribution < 1.29 is 14.6 Å². The number of carboxylic acid groups (broad SMARTS) is 1. The molecule has 1 aliphatic heterocycles. The Balaban J connectivity index is 1.80. The average Bonchev–Trinajstić information content (AvgIpc) is 2.90. The second kappa shape index (κ2) is 9.96. The third-order valence-corrected chi connectivity index (χ3v) is 6.94. The van der Waals surface area contributed by atoms with Crippen LogP contribution in [0.1, 0.15) is 41.4 Å². The SMILES string of the molecule is CCN(CC)c1cc2c(c(-c3ccccc3C(=O)O)c1)C(Nc1ccccc1Cl)c1ccccc1O2. The van der Waals surface area contributed by atoms with Crippen LogP contribution < -0.4 is 15.0 Å². The van der Waals surface area contributed by atoms with Crippen molar-refractivity contribution in [1.82, 2.24) is 0 Å². The van der Waals surface area contributed by atoms with Crippen molar-refractivity contribution in [3.63, 3.8) is 0 Å². The topological polar surface area (TPSA) is 61.8 Å². The number of carbonyl (C=O) groups is 1. The number of hydrogen-bond acceptors (Lipinski definition) is 4. The Morgan fingerprint density at radius 1 is 0.917 bits per heavy atom. The minimum atomic E-state index is -0.972. The first-order valence-electron chi connectivity index (χ1n) is 12.0. The summed E-state index contributed by atoms with van der Waals surface area (Å²) in [7, 11) is 0. The van der Waals surface area contributed by atoms with E-state index in [0.29, 0.717) is 16.3 Å². The Hall–Kier alpha value is -3.96. The number of fused-ring (bicyclic) bond motifs is 2. The summed E-state index contributed by atoms with van der Waals surface area (Å²) in [6.45, 7) is 5.83. The summed E-state index contributed by atoms with van der Waals surface area (Å²) in [5.41, 5.74) is 5.29. The molecule has 0 aliphatic carbocycles. The minimum absolute atomic E-state index is 0.242. The second-order valence-corrected chi connectivity index (χ2v) is 9.03. The predicted molar refractivity (Wildman–Crippen MR) is 146 cm³/mol. The molecule has 0 amide bonds. The summed E-state index contributed by atoms with van der Waals surface area (Å²) >= 11 is 6.55. The highest BCUT2D eigenvalue weighted by atomic mass is 35.5. The summed E-state index contributed by atoms with van der Waals surface area (Å²) in [5.74, 6) is 0.474. The molecule has 2 N–H and O–H groups in total. The number of benzene rings is 4. The fourth-order valence-corrected chi connectivity index (χ4v) is 5.05. The molecule has 1 aliphatic rings. The largest absolute Gasteiger partial charge is 0.478 e. The van der Waals surface area contributed by atoms with Gasteiger partial charge in [-0.05, 0) is 55.3 Å². The van der Waals surface area contributed by atoms with E-state index in [1.807, 2.05) is 66.7 Å². The lowest BCUT2D eigenvalue weighted by molar-refractivity contribution is 0.0697. The van der Waals surface area contributed by atoms with E-state index in [4.69, 9.17) is 16.3 Å². The maximum atomic E-state index is 12.2. The van der Waals surface area contributed by atoms with Gasteiger partial charge in [-0.2, -0.15) is 0 Å². The molecular formula is C30H27ClN2O3. The quantitative estimate of drug-likeness (QED) is 0.271. The zero-order valence-corrected chi connectivity index (χ0v) is 20.9. The molecule has 0 radical (unpaired) electrons. The van der Waals surface area contributed by atoms with Crippen LogP contribution in [0.4, 0.5) is 11.4 Å². The van der Waals surface area contributed by atoms with Crippen molar-refractivity contribution >= 4 is 28.9 Å². The highest BCUT2D eigenvalue weighted by Crippen LogP contribution is 2.50. The van der Waals surface area contributed by atoms with E-state index >= 15 is 0 Å². The number of ether oxygens (including phenoxy) is 1. The maximum absolute atomic E-state index is 12.2. The fourth-order valence-electron chi connectivity index (χ4n) is 4.86. The number of aromatic carboxylic acids is 1. The maximum Gasteiger partial charge on any atom is 0.336 e. The molecule has 182 valence electrons. The first-order chi connectivity index (χ1) is 17.5. The number of nitrogens with one attached hydrogen (secondary N) is 1. The van der Waals surface area contributed by atoms with Crippen LogP contribution in [0.2, 0.25) is 5.02 Å². The van der Waals surface area contributed by atoms with Gasteiger partial charge < -0.3 is 20.1 Å². The number of halogens is 1. The summed E-state index contributed by atoms with van der Waals surface area (Å²) < 4.78 is 6.47. The lowest BCUT2D eigenvalue weighted by Gasteiger charge is -2.33. The Bertz CT molecular complexity index is 1430. The van der Waals surface area contributed by atoms with E-state index in [9.17, 15) is 9.90 Å². The number of para-hydroxylation sites is 2. The van der Waals surface area contributed by atoms with Crippen LogP contribution in [-0.4, -0.2) is 24.2 Å². The molecule has 5 rings (SSSR count). The number of hydrogen-bond donors (Lipinski definition) is 2. The Morgan fingerprint density at radius 2 is 1.61 bits per heavy atom. The van der Waals surface area contributed by atoms with Crippen molar-refractivity contribution in [3.05, 3.63) is 107 Å². The molecule has 4 aromatic carbocycles. The fraction of sp³-hybridized carbons (Fsp3) is 0.167. The zero-order chi connectivity index (χ0) is 25.2. The minimum Gasteiger partial charge on any atom is -0.478 e. The monoisotopic (exact) mass is 498 g/mol. The van der Waals surface area contributed by atoms with Gasteiger partial charge in [-0.3, -0.25) is 0 Å². The van der Waals surface area contributed by atoms with Gasteiger partial charge in [0.1, 0.15) is 11.5 Å². The standard InChI is InChI=1S/C30H27ClN2O3/c1-3-33(4-2)19-17-23(20-11-5-6-12-21(20)30(34)35)28-27(18-19)36-26-16-10-7-13-22(26)29(28)32-25-15-9-8-14-24(25)31/h5-18,29,32H,3-4H2,1-2H3,(H,34,35). The van der Waals surface area contributed by atoms with Gasteiger partial charge in [0.05, 0.1) is 22.3 Å². The molecule has 1 unspecified atom stereocenters. The van der Waals surface area contributed by atoms with Gasteiger partial charge in [0.2, 0.25) is 0 Å². The Labute approximate surface area is 215 Å². The molecular weight excluding hydrogens is 472 g/mol. The van der Waals surface area contributed by atoms with Crippen LogP contribution in [0, 0.1) is 0 Å². The number of carboxylic acids is 1. The molecule has 1 heterocycles. The van der Waals surface area contributed by atoms with Crippen LogP contribution in [0.3, 0.4) is 0 Å². The number of anilines is 2. The molecule has 1 atom stereocenters. The number of nitrogens with zero attached hydrogens (tertiary/aromatic N) is 1. The van der Waals surface area contributed by atoms with Gasteiger partial charge >= 0.3 is 5.97 Å². The van der Waals surface area contributed by atoms with Crippen molar-refractivity contribution in [2.75, 3.05) is 23.3 Å². The Kier molecular flexibility index (Phi) is 6.57. The zero-order valence-electron chi connectivity index (χ0n) is 20.2. The van der Waals surface area contributed by atoms with Crippen molar-refractivity contribution in [2.24, 2.45) is 0 Å². The van der Waals surface area contributed by atoms with Crippen molar-refractivity contribution in [3.8, 4) is 22.6 Å². The van der Waals surface area contributed by atoms with Crippen LogP contribution in [0.25, 0.3) is 11.1 Å². The molecule has 36 heavy (non-hydrogen) atoms.